The SMILES string of the molecule is Cl.N[C@@H](CF)c1ccc(Br)cn1. The molecule has 0 saturated carbocycles. The highest BCUT2D eigenvalue weighted by Gasteiger charge is 2.04. The molecule has 0 amide bonds. The summed E-state index contributed by atoms with van der Waals surface area (Å²) in [5.41, 5.74) is 5.97. The van der Waals surface area contributed by atoms with Crippen LogP contribution in [0.2, 0.25) is 0 Å². The number of halogens is 3. The molecule has 2 N–H and O–H groups in total. The molecule has 5 heteroatoms. The Balaban J connectivity index is 0.00000121. The van der Waals surface area contributed by atoms with E-state index in [0.29, 0.717) is 5.69 Å². The Morgan fingerprint density at radius 2 is 2.25 bits per heavy atom. The van der Waals surface area contributed by atoms with E-state index in [4.69, 9.17) is 5.73 Å². The fourth-order valence-corrected chi connectivity index (χ4v) is 0.920. The van der Waals surface area contributed by atoms with Crippen molar-refractivity contribution in [1.82, 2.24) is 4.98 Å². The molecule has 1 heterocycles. The average molecular weight is 256 g/mol. The number of hydrogen-bond donors (Lipinski definition) is 1. The monoisotopic (exact) mass is 254 g/mol. The maximum atomic E-state index is 12.0. The van der Waals surface area contributed by atoms with Gasteiger partial charge in [0.1, 0.15) is 6.67 Å². The summed E-state index contributed by atoms with van der Waals surface area (Å²) in [5.74, 6) is 0. The zero-order valence-corrected chi connectivity index (χ0v) is 8.61. The van der Waals surface area contributed by atoms with E-state index in [1.807, 2.05) is 0 Å². The molecule has 0 fully saturated rings. The third-order valence-electron chi connectivity index (χ3n) is 1.30. The van der Waals surface area contributed by atoms with Gasteiger partial charge < -0.3 is 5.73 Å². The number of rotatable bonds is 2. The molecule has 1 atom stereocenters. The quantitative estimate of drug-likeness (QED) is 0.880. The predicted molar refractivity (Wildman–Crippen MR) is 52.1 cm³/mol. The number of pyridine rings is 1. The van der Waals surface area contributed by atoms with Crippen LogP contribution in [0.15, 0.2) is 22.8 Å². The Morgan fingerprint density at radius 1 is 1.58 bits per heavy atom. The molecule has 0 aliphatic rings. The van der Waals surface area contributed by atoms with E-state index in [1.165, 1.54) is 0 Å². The van der Waals surface area contributed by atoms with Crippen LogP contribution in [0, 0.1) is 0 Å². The van der Waals surface area contributed by atoms with Crippen molar-refractivity contribution in [3.05, 3.63) is 28.5 Å². The minimum Gasteiger partial charge on any atom is -0.321 e. The average Bonchev–Trinajstić information content (AvgIpc) is 2.05. The fourth-order valence-electron chi connectivity index (χ4n) is 0.686. The Morgan fingerprint density at radius 3 is 2.67 bits per heavy atom. The molecule has 1 aromatic heterocycles. The molecule has 0 aliphatic heterocycles. The number of nitrogens with two attached hydrogens (primary N) is 1. The summed E-state index contributed by atoms with van der Waals surface area (Å²) in [6.45, 7) is -0.575. The second-order valence-corrected chi connectivity index (χ2v) is 3.08. The highest BCUT2D eigenvalue weighted by atomic mass is 79.9. The first kappa shape index (κ1) is 11.8. The number of aromatic nitrogens is 1. The topological polar surface area (TPSA) is 38.9 Å². The summed E-state index contributed by atoms with van der Waals surface area (Å²) in [5, 5.41) is 0. The lowest BCUT2D eigenvalue weighted by molar-refractivity contribution is 0.432. The van der Waals surface area contributed by atoms with Gasteiger partial charge in [0, 0.05) is 10.7 Å². The molecule has 0 aliphatic carbocycles. The summed E-state index contributed by atoms with van der Waals surface area (Å²) >= 11 is 3.22. The van der Waals surface area contributed by atoms with Crippen LogP contribution >= 0.6 is 28.3 Å². The van der Waals surface area contributed by atoms with Gasteiger partial charge in [-0.25, -0.2) is 4.39 Å². The standard InChI is InChI=1S/C7H8BrFN2.ClH/c8-5-1-2-7(11-4-5)6(10)3-9;/h1-2,4,6H,3,10H2;1H/t6-;/m0./s1. The maximum Gasteiger partial charge on any atom is 0.110 e. The first-order valence-electron chi connectivity index (χ1n) is 3.17. The van der Waals surface area contributed by atoms with Crippen LogP contribution in [0.3, 0.4) is 0 Å². The van der Waals surface area contributed by atoms with Gasteiger partial charge in [-0.1, -0.05) is 0 Å². The number of nitrogens with zero attached hydrogens (tertiary/aromatic N) is 1. The van der Waals surface area contributed by atoms with Gasteiger partial charge in [-0.3, -0.25) is 4.98 Å². The summed E-state index contributed by atoms with van der Waals surface area (Å²) in [6.07, 6.45) is 1.60. The Kier molecular flexibility index (Phi) is 5.37. The van der Waals surface area contributed by atoms with Gasteiger partial charge in [0.15, 0.2) is 0 Å². The van der Waals surface area contributed by atoms with E-state index in [-0.39, 0.29) is 12.4 Å². The fraction of sp³-hybridized carbons (Fsp3) is 0.286. The van der Waals surface area contributed by atoms with Crippen LogP contribution in [0.25, 0.3) is 0 Å². The normalized spacial score (nSPS) is 11.9. The van der Waals surface area contributed by atoms with E-state index >= 15 is 0 Å². The Hall–Kier alpha value is -0.190. The number of alkyl halides is 1. The van der Waals surface area contributed by atoms with Gasteiger partial charge in [-0.2, -0.15) is 0 Å². The molecule has 1 aromatic rings. The van der Waals surface area contributed by atoms with Gasteiger partial charge in [-0.05, 0) is 28.1 Å². The maximum absolute atomic E-state index is 12.0. The minimum atomic E-state index is -0.594. The third-order valence-corrected chi connectivity index (χ3v) is 1.77. The van der Waals surface area contributed by atoms with E-state index in [1.54, 1.807) is 18.3 Å². The van der Waals surface area contributed by atoms with Gasteiger partial charge >= 0.3 is 0 Å². The first-order chi connectivity index (χ1) is 5.24. The zero-order chi connectivity index (χ0) is 8.27. The van der Waals surface area contributed by atoms with Gasteiger partial charge in [0.25, 0.3) is 0 Å². The number of hydrogen-bond acceptors (Lipinski definition) is 2. The molecule has 0 aromatic carbocycles. The van der Waals surface area contributed by atoms with Crippen LogP contribution in [0.4, 0.5) is 4.39 Å². The molecule has 0 saturated heterocycles. The second-order valence-electron chi connectivity index (χ2n) is 2.16. The van der Waals surface area contributed by atoms with Crippen molar-refractivity contribution < 1.29 is 4.39 Å². The molecule has 68 valence electrons. The zero-order valence-electron chi connectivity index (χ0n) is 6.21. The molecular weight excluding hydrogens is 246 g/mol. The molecule has 2 nitrogen and oxygen atoms in total. The van der Waals surface area contributed by atoms with E-state index in [2.05, 4.69) is 20.9 Å². The van der Waals surface area contributed by atoms with Crippen LogP contribution in [-0.2, 0) is 0 Å². The van der Waals surface area contributed by atoms with Crippen molar-refractivity contribution in [1.29, 1.82) is 0 Å². The van der Waals surface area contributed by atoms with Crippen molar-refractivity contribution >= 4 is 28.3 Å². The first-order valence-corrected chi connectivity index (χ1v) is 3.96. The lowest BCUT2D eigenvalue weighted by Crippen LogP contribution is -2.13. The highest BCUT2D eigenvalue weighted by molar-refractivity contribution is 9.10. The molecule has 12 heavy (non-hydrogen) atoms. The largest absolute Gasteiger partial charge is 0.321 e. The molecule has 0 spiro atoms. The second kappa shape index (κ2) is 5.45. The minimum absolute atomic E-state index is 0. The lowest BCUT2D eigenvalue weighted by Gasteiger charge is -2.04. The van der Waals surface area contributed by atoms with E-state index < -0.39 is 12.7 Å². The van der Waals surface area contributed by atoms with Crippen LogP contribution in [0.1, 0.15) is 11.7 Å². The van der Waals surface area contributed by atoms with Gasteiger partial charge in [-0.15, -0.1) is 12.4 Å². The summed E-state index contributed by atoms with van der Waals surface area (Å²) in [7, 11) is 0. The van der Waals surface area contributed by atoms with Crippen LogP contribution < -0.4 is 5.73 Å². The van der Waals surface area contributed by atoms with Crippen LogP contribution in [-0.4, -0.2) is 11.7 Å². The summed E-state index contributed by atoms with van der Waals surface area (Å²) in [4.78, 5) is 3.94. The Labute approximate surface area is 84.9 Å². The van der Waals surface area contributed by atoms with Gasteiger partial charge in [0.05, 0.1) is 11.7 Å². The Bertz CT molecular complexity index is 229. The van der Waals surface area contributed by atoms with Crippen molar-refractivity contribution in [2.75, 3.05) is 6.67 Å². The van der Waals surface area contributed by atoms with E-state index in [9.17, 15) is 4.39 Å². The van der Waals surface area contributed by atoms with Crippen molar-refractivity contribution in [2.45, 2.75) is 6.04 Å². The summed E-state index contributed by atoms with van der Waals surface area (Å²) in [6, 6.07) is 2.90. The van der Waals surface area contributed by atoms with Crippen molar-refractivity contribution in [3.63, 3.8) is 0 Å². The molecule has 0 radical (unpaired) electrons. The highest BCUT2D eigenvalue weighted by Crippen LogP contribution is 2.11. The molecule has 0 unspecified atom stereocenters. The van der Waals surface area contributed by atoms with Gasteiger partial charge in [0.2, 0.25) is 0 Å². The van der Waals surface area contributed by atoms with Crippen molar-refractivity contribution in [2.24, 2.45) is 5.73 Å². The molecule has 0 bridgehead atoms. The summed E-state index contributed by atoms with van der Waals surface area (Å²) < 4.78 is 12.9. The van der Waals surface area contributed by atoms with Crippen LogP contribution in [0.5, 0.6) is 0 Å². The smallest absolute Gasteiger partial charge is 0.110 e. The predicted octanol–water partition coefficient (Wildman–Crippen LogP) is 2.24. The molecule has 1 rings (SSSR count). The third kappa shape index (κ3) is 3.05. The van der Waals surface area contributed by atoms with Crippen molar-refractivity contribution in [3.8, 4) is 0 Å². The van der Waals surface area contributed by atoms with E-state index in [0.717, 1.165) is 4.47 Å². The molecular formula is C7H9BrClFN2. The lowest BCUT2D eigenvalue weighted by atomic mass is 10.2.